The molecule has 1 aromatic carbocycles. The maximum absolute atomic E-state index is 12.4. The predicted octanol–water partition coefficient (Wildman–Crippen LogP) is 1.08. The highest BCUT2D eigenvalue weighted by Gasteiger charge is 2.24. The Hall–Kier alpha value is -2.12. The molecule has 0 atom stereocenters. The van der Waals surface area contributed by atoms with E-state index < -0.39 is 0 Å². The highest BCUT2D eigenvalue weighted by atomic mass is 16.5. The van der Waals surface area contributed by atoms with Gasteiger partial charge in [-0.15, -0.1) is 0 Å². The molecule has 0 aliphatic carbocycles. The van der Waals surface area contributed by atoms with E-state index in [1.165, 1.54) is 5.56 Å². The monoisotopic (exact) mass is 389 g/mol. The summed E-state index contributed by atoms with van der Waals surface area (Å²) in [5.74, 6) is 0.858. The number of carbonyl (C=O) groups is 2. The lowest BCUT2D eigenvalue weighted by atomic mass is 10.1. The van der Waals surface area contributed by atoms with Crippen molar-refractivity contribution < 1.29 is 19.1 Å². The van der Waals surface area contributed by atoms with Crippen molar-refractivity contribution >= 4 is 11.8 Å². The summed E-state index contributed by atoms with van der Waals surface area (Å²) in [6.07, 6.45) is 0.532. The van der Waals surface area contributed by atoms with E-state index >= 15 is 0 Å². The van der Waals surface area contributed by atoms with Crippen molar-refractivity contribution in [3.05, 3.63) is 29.3 Å². The minimum absolute atomic E-state index is 0.0290. The zero-order valence-corrected chi connectivity index (χ0v) is 17.0. The zero-order chi connectivity index (χ0) is 19.9. The molecule has 28 heavy (non-hydrogen) atoms. The van der Waals surface area contributed by atoms with Crippen LogP contribution >= 0.6 is 0 Å². The third-order valence-electron chi connectivity index (χ3n) is 5.57. The van der Waals surface area contributed by atoms with Crippen molar-refractivity contribution in [1.82, 2.24) is 14.7 Å². The SMILES string of the molecule is Cc1ccc(OCC(=O)N2CCN(C(=O)CCN3CCOCC3)CC2)cc1C. The third-order valence-corrected chi connectivity index (χ3v) is 5.57. The lowest BCUT2D eigenvalue weighted by Crippen LogP contribution is -2.52. The van der Waals surface area contributed by atoms with Crippen LogP contribution in [0.1, 0.15) is 17.5 Å². The Bertz CT molecular complexity index is 680. The Labute approximate surface area is 167 Å². The van der Waals surface area contributed by atoms with E-state index in [1.54, 1.807) is 4.90 Å². The molecule has 0 aromatic heterocycles. The molecule has 0 radical (unpaired) electrons. The molecule has 0 unspecified atom stereocenters. The molecule has 2 aliphatic heterocycles. The highest BCUT2D eigenvalue weighted by molar-refractivity contribution is 5.79. The van der Waals surface area contributed by atoms with Gasteiger partial charge in [0.25, 0.3) is 5.91 Å². The summed E-state index contributed by atoms with van der Waals surface area (Å²) in [4.78, 5) is 30.8. The van der Waals surface area contributed by atoms with Gasteiger partial charge in [0.15, 0.2) is 6.61 Å². The number of aryl methyl sites for hydroxylation is 2. The van der Waals surface area contributed by atoms with Crippen LogP contribution in [0.25, 0.3) is 0 Å². The first-order valence-corrected chi connectivity index (χ1v) is 10.1. The van der Waals surface area contributed by atoms with Gasteiger partial charge in [0, 0.05) is 52.2 Å². The maximum Gasteiger partial charge on any atom is 0.260 e. The summed E-state index contributed by atoms with van der Waals surface area (Å²) in [5, 5.41) is 0. The van der Waals surface area contributed by atoms with E-state index in [9.17, 15) is 9.59 Å². The number of carbonyl (C=O) groups excluding carboxylic acids is 2. The summed E-state index contributed by atoms with van der Waals surface area (Å²) < 4.78 is 11.0. The minimum atomic E-state index is -0.0290. The Morgan fingerprint density at radius 1 is 0.929 bits per heavy atom. The number of hydrogen-bond donors (Lipinski definition) is 0. The van der Waals surface area contributed by atoms with Gasteiger partial charge in [-0.3, -0.25) is 14.5 Å². The first-order chi connectivity index (χ1) is 13.5. The molecule has 2 heterocycles. The second kappa shape index (κ2) is 9.89. The van der Waals surface area contributed by atoms with Crippen molar-refractivity contribution in [2.45, 2.75) is 20.3 Å². The molecule has 0 bridgehead atoms. The van der Waals surface area contributed by atoms with Crippen LogP contribution in [0.4, 0.5) is 0 Å². The van der Waals surface area contributed by atoms with Crippen LogP contribution in [-0.4, -0.2) is 92.1 Å². The first-order valence-electron chi connectivity index (χ1n) is 10.1. The van der Waals surface area contributed by atoms with Gasteiger partial charge in [-0.25, -0.2) is 0 Å². The van der Waals surface area contributed by atoms with E-state index in [0.29, 0.717) is 38.3 Å². The van der Waals surface area contributed by atoms with Gasteiger partial charge in [0.2, 0.25) is 5.91 Å². The molecule has 2 amide bonds. The smallest absolute Gasteiger partial charge is 0.260 e. The molecule has 2 aliphatic rings. The number of amides is 2. The summed E-state index contributed by atoms with van der Waals surface area (Å²) >= 11 is 0. The van der Waals surface area contributed by atoms with Gasteiger partial charge in [0.05, 0.1) is 13.2 Å². The fraction of sp³-hybridized carbons (Fsp3) is 0.619. The van der Waals surface area contributed by atoms with Crippen LogP contribution in [-0.2, 0) is 14.3 Å². The fourth-order valence-corrected chi connectivity index (χ4v) is 3.48. The molecule has 7 nitrogen and oxygen atoms in total. The average Bonchev–Trinajstić information content (AvgIpc) is 2.73. The first kappa shape index (κ1) is 20.6. The molecule has 7 heteroatoms. The summed E-state index contributed by atoms with van der Waals surface area (Å²) in [6, 6.07) is 5.84. The second-order valence-corrected chi connectivity index (χ2v) is 7.50. The van der Waals surface area contributed by atoms with Crippen LogP contribution in [0.2, 0.25) is 0 Å². The largest absolute Gasteiger partial charge is 0.484 e. The number of ether oxygens (including phenoxy) is 2. The molecular weight excluding hydrogens is 358 g/mol. The van der Waals surface area contributed by atoms with Gasteiger partial charge >= 0.3 is 0 Å². The van der Waals surface area contributed by atoms with Crippen LogP contribution < -0.4 is 4.74 Å². The van der Waals surface area contributed by atoms with Crippen LogP contribution in [0, 0.1) is 13.8 Å². The molecule has 0 saturated carbocycles. The summed E-state index contributed by atoms with van der Waals surface area (Å²) in [6.45, 7) is 10.5. The molecular formula is C21H31N3O4. The molecule has 2 saturated heterocycles. The van der Waals surface area contributed by atoms with E-state index in [-0.39, 0.29) is 18.4 Å². The lowest BCUT2D eigenvalue weighted by molar-refractivity contribution is -0.141. The molecule has 3 rings (SSSR count). The van der Waals surface area contributed by atoms with E-state index in [2.05, 4.69) is 4.90 Å². The van der Waals surface area contributed by atoms with Crippen molar-refractivity contribution in [1.29, 1.82) is 0 Å². The van der Waals surface area contributed by atoms with Crippen LogP contribution in [0.3, 0.4) is 0 Å². The fourth-order valence-electron chi connectivity index (χ4n) is 3.48. The summed E-state index contributed by atoms with van der Waals surface area (Å²) in [7, 11) is 0. The van der Waals surface area contributed by atoms with Gasteiger partial charge in [-0.2, -0.15) is 0 Å². The number of benzene rings is 1. The predicted molar refractivity (Wildman–Crippen MR) is 106 cm³/mol. The Morgan fingerprint density at radius 2 is 1.57 bits per heavy atom. The van der Waals surface area contributed by atoms with E-state index in [0.717, 1.165) is 38.4 Å². The highest BCUT2D eigenvalue weighted by Crippen LogP contribution is 2.16. The van der Waals surface area contributed by atoms with Crippen LogP contribution in [0.5, 0.6) is 5.75 Å². The topological polar surface area (TPSA) is 62.3 Å². The average molecular weight is 389 g/mol. The van der Waals surface area contributed by atoms with E-state index in [4.69, 9.17) is 9.47 Å². The van der Waals surface area contributed by atoms with Gasteiger partial charge in [-0.1, -0.05) is 6.07 Å². The zero-order valence-electron chi connectivity index (χ0n) is 17.0. The second-order valence-electron chi connectivity index (χ2n) is 7.50. The molecule has 2 fully saturated rings. The summed E-state index contributed by atoms with van der Waals surface area (Å²) in [5.41, 5.74) is 2.35. The van der Waals surface area contributed by atoms with Crippen LogP contribution in [0.15, 0.2) is 18.2 Å². The quantitative estimate of drug-likeness (QED) is 0.729. The number of piperazine rings is 1. The van der Waals surface area contributed by atoms with E-state index in [1.807, 2.05) is 36.9 Å². The van der Waals surface area contributed by atoms with Crippen molar-refractivity contribution in [2.24, 2.45) is 0 Å². The van der Waals surface area contributed by atoms with Gasteiger partial charge < -0.3 is 19.3 Å². The maximum atomic E-state index is 12.4. The van der Waals surface area contributed by atoms with Gasteiger partial charge in [-0.05, 0) is 37.1 Å². The number of hydrogen-bond acceptors (Lipinski definition) is 5. The number of nitrogens with zero attached hydrogens (tertiary/aromatic N) is 3. The standard InChI is InChI=1S/C21H31N3O4/c1-17-3-4-19(15-18(17)2)28-16-21(26)24-9-7-23(8-10-24)20(25)5-6-22-11-13-27-14-12-22/h3-4,15H,5-14,16H2,1-2H3. The lowest BCUT2D eigenvalue weighted by Gasteiger charge is -2.35. The molecule has 1 aromatic rings. The van der Waals surface area contributed by atoms with Crippen molar-refractivity contribution in [2.75, 3.05) is 65.6 Å². The molecule has 0 spiro atoms. The Balaban J connectivity index is 1.37. The molecule has 154 valence electrons. The Kier molecular flexibility index (Phi) is 7.28. The normalized spacial score (nSPS) is 18.2. The van der Waals surface area contributed by atoms with Crippen molar-refractivity contribution in [3.8, 4) is 5.75 Å². The number of rotatable bonds is 6. The Morgan fingerprint density at radius 3 is 2.21 bits per heavy atom. The van der Waals surface area contributed by atoms with Gasteiger partial charge in [0.1, 0.15) is 5.75 Å². The third kappa shape index (κ3) is 5.69. The number of morpholine rings is 1. The minimum Gasteiger partial charge on any atom is -0.484 e. The molecule has 0 N–H and O–H groups in total. The van der Waals surface area contributed by atoms with Crippen molar-refractivity contribution in [3.63, 3.8) is 0 Å².